The van der Waals surface area contributed by atoms with Crippen LogP contribution in [0.5, 0.6) is 11.5 Å². The van der Waals surface area contributed by atoms with E-state index in [1.165, 1.54) is 0 Å². The molecule has 1 aromatic heterocycles. The Morgan fingerprint density at radius 2 is 2.00 bits per heavy atom. The van der Waals surface area contributed by atoms with Crippen LogP contribution in [0, 0.1) is 6.92 Å². The van der Waals surface area contributed by atoms with E-state index in [4.69, 9.17) is 13.9 Å². The summed E-state index contributed by atoms with van der Waals surface area (Å²) in [6.45, 7) is 1.80. The zero-order chi connectivity index (χ0) is 13.8. The Morgan fingerprint density at radius 1 is 1.26 bits per heavy atom. The van der Waals surface area contributed by atoms with Crippen molar-refractivity contribution in [3.63, 3.8) is 0 Å². The Hall–Kier alpha value is -1.82. The maximum Gasteiger partial charge on any atom is 0.207 e. The second kappa shape index (κ2) is 5.88. The molecule has 0 spiro atoms. The molecule has 0 saturated carbocycles. The molecule has 1 atom stereocenters. The van der Waals surface area contributed by atoms with Gasteiger partial charge < -0.3 is 13.9 Å². The van der Waals surface area contributed by atoms with Crippen molar-refractivity contribution in [3.8, 4) is 11.5 Å². The molecule has 0 N–H and O–H groups in total. The molecule has 5 nitrogen and oxygen atoms in total. The third-order valence-corrected chi connectivity index (χ3v) is 3.83. The van der Waals surface area contributed by atoms with E-state index in [0.29, 0.717) is 28.0 Å². The van der Waals surface area contributed by atoms with Crippen LogP contribution < -0.4 is 9.47 Å². The molecular weight excluding hydrogens is 266 g/mol. The first-order valence-corrected chi connectivity index (χ1v) is 6.97. The molecule has 19 heavy (non-hydrogen) atoms. The number of rotatable bonds is 5. The lowest BCUT2D eigenvalue weighted by Gasteiger charge is -2.08. The summed E-state index contributed by atoms with van der Waals surface area (Å²) in [6.07, 6.45) is 1.61. The highest BCUT2D eigenvalue weighted by molar-refractivity contribution is 7.84. The van der Waals surface area contributed by atoms with Crippen LogP contribution in [-0.4, -0.2) is 23.4 Å². The lowest BCUT2D eigenvalue weighted by atomic mass is 10.3. The molecule has 102 valence electrons. The number of aryl methyl sites for hydroxylation is 1. The highest BCUT2D eigenvalue weighted by Gasteiger charge is 2.12. The predicted molar refractivity (Wildman–Crippen MR) is 70.9 cm³/mol. The highest BCUT2D eigenvalue weighted by Crippen LogP contribution is 2.29. The molecule has 6 heteroatoms. The van der Waals surface area contributed by atoms with Crippen LogP contribution in [0.15, 0.2) is 33.7 Å². The molecule has 0 amide bonds. The number of nitrogens with zero attached hydrogens (tertiary/aromatic N) is 1. The number of benzene rings is 1. The largest absolute Gasteiger partial charge is 0.493 e. The number of methoxy groups -OCH3 is 2. The van der Waals surface area contributed by atoms with Crippen molar-refractivity contribution in [1.29, 1.82) is 0 Å². The third-order valence-electron chi connectivity index (χ3n) is 2.54. The Morgan fingerprint density at radius 3 is 2.58 bits per heavy atom. The molecule has 2 rings (SSSR count). The summed E-state index contributed by atoms with van der Waals surface area (Å²) in [5.41, 5.74) is 0. The van der Waals surface area contributed by atoms with Gasteiger partial charge >= 0.3 is 0 Å². The average molecular weight is 281 g/mol. The van der Waals surface area contributed by atoms with Gasteiger partial charge in [-0.15, -0.1) is 0 Å². The first-order chi connectivity index (χ1) is 9.13. The SMILES string of the molecule is COc1ccc(S(=O)Cc2ncc(C)o2)cc1OC. The van der Waals surface area contributed by atoms with E-state index in [9.17, 15) is 4.21 Å². The number of hydrogen-bond acceptors (Lipinski definition) is 5. The van der Waals surface area contributed by atoms with Crippen molar-refractivity contribution in [2.24, 2.45) is 0 Å². The Labute approximate surface area is 114 Å². The lowest BCUT2D eigenvalue weighted by molar-refractivity contribution is 0.354. The summed E-state index contributed by atoms with van der Waals surface area (Å²) in [5.74, 6) is 2.57. The second-order valence-corrected chi connectivity index (χ2v) is 5.32. The van der Waals surface area contributed by atoms with Gasteiger partial charge in [-0.25, -0.2) is 4.98 Å². The smallest absolute Gasteiger partial charge is 0.207 e. The number of aromatic nitrogens is 1. The summed E-state index contributed by atoms with van der Waals surface area (Å²) in [7, 11) is 1.87. The van der Waals surface area contributed by atoms with Crippen molar-refractivity contribution < 1.29 is 18.1 Å². The number of ether oxygens (including phenoxy) is 2. The minimum Gasteiger partial charge on any atom is -0.493 e. The fourth-order valence-corrected chi connectivity index (χ4v) is 2.60. The zero-order valence-electron chi connectivity index (χ0n) is 11.0. The standard InChI is InChI=1S/C13H15NO4S/c1-9-7-14-13(18-9)8-19(15)10-4-5-11(16-2)12(6-10)17-3/h4-7H,8H2,1-3H3. The van der Waals surface area contributed by atoms with Crippen molar-refractivity contribution >= 4 is 10.8 Å². The minimum absolute atomic E-state index is 0.239. The van der Waals surface area contributed by atoms with E-state index in [-0.39, 0.29) is 5.75 Å². The normalized spacial score (nSPS) is 12.2. The van der Waals surface area contributed by atoms with Gasteiger partial charge in [-0.2, -0.15) is 0 Å². The maximum absolute atomic E-state index is 12.2. The summed E-state index contributed by atoms with van der Waals surface area (Å²) in [4.78, 5) is 4.69. The van der Waals surface area contributed by atoms with E-state index in [1.807, 2.05) is 0 Å². The van der Waals surface area contributed by atoms with Crippen molar-refractivity contribution in [3.05, 3.63) is 36.0 Å². The number of hydrogen-bond donors (Lipinski definition) is 0. The second-order valence-electron chi connectivity index (χ2n) is 3.87. The van der Waals surface area contributed by atoms with E-state index in [0.717, 1.165) is 0 Å². The van der Waals surface area contributed by atoms with Crippen LogP contribution in [0.3, 0.4) is 0 Å². The van der Waals surface area contributed by atoms with E-state index in [1.54, 1.807) is 45.5 Å². The van der Waals surface area contributed by atoms with Crippen LogP contribution in [0.4, 0.5) is 0 Å². The first-order valence-electron chi connectivity index (χ1n) is 5.65. The molecule has 0 fully saturated rings. The van der Waals surface area contributed by atoms with Gasteiger partial charge in [-0.1, -0.05) is 0 Å². The summed E-state index contributed by atoms with van der Waals surface area (Å²) < 4.78 is 27.8. The van der Waals surface area contributed by atoms with Crippen molar-refractivity contribution in [2.45, 2.75) is 17.6 Å². The zero-order valence-corrected chi connectivity index (χ0v) is 11.8. The number of oxazole rings is 1. The Balaban J connectivity index is 2.19. The summed E-state index contributed by atoms with van der Waals surface area (Å²) in [5, 5.41) is 0. The first kappa shape index (κ1) is 13.6. The molecule has 2 aromatic rings. The predicted octanol–water partition coefficient (Wildman–Crippen LogP) is 2.31. The van der Waals surface area contributed by atoms with Gasteiger partial charge in [0.05, 0.1) is 31.2 Å². The topological polar surface area (TPSA) is 61.6 Å². The monoisotopic (exact) mass is 281 g/mol. The van der Waals surface area contributed by atoms with Gasteiger partial charge in [0.2, 0.25) is 5.89 Å². The van der Waals surface area contributed by atoms with Crippen molar-refractivity contribution in [1.82, 2.24) is 4.98 Å². The minimum atomic E-state index is -1.23. The highest BCUT2D eigenvalue weighted by atomic mass is 32.2. The van der Waals surface area contributed by atoms with E-state index >= 15 is 0 Å². The molecule has 0 aliphatic rings. The Kier molecular flexibility index (Phi) is 4.21. The molecule has 0 aliphatic carbocycles. The molecular formula is C13H15NO4S. The van der Waals surface area contributed by atoms with Gasteiger partial charge in [0.15, 0.2) is 11.5 Å². The van der Waals surface area contributed by atoms with Gasteiger partial charge in [0, 0.05) is 11.0 Å². The fourth-order valence-electron chi connectivity index (χ4n) is 1.62. The third kappa shape index (κ3) is 3.14. The molecule has 0 radical (unpaired) electrons. The van der Waals surface area contributed by atoms with Crippen LogP contribution in [0.1, 0.15) is 11.7 Å². The van der Waals surface area contributed by atoms with Gasteiger partial charge in [-0.05, 0) is 19.1 Å². The molecule has 1 unspecified atom stereocenters. The molecule has 0 aliphatic heterocycles. The average Bonchev–Trinajstić information content (AvgIpc) is 2.83. The quantitative estimate of drug-likeness (QED) is 0.841. The van der Waals surface area contributed by atoms with Crippen LogP contribution in [0.2, 0.25) is 0 Å². The molecule has 0 saturated heterocycles. The fraction of sp³-hybridized carbons (Fsp3) is 0.308. The van der Waals surface area contributed by atoms with Crippen molar-refractivity contribution in [2.75, 3.05) is 14.2 Å². The van der Waals surface area contributed by atoms with Crippen LogP contribution >= 0.6 is 0 Å². The van der Waals surface area contributed by atoms with Gasteiger partial charge in [-0.3, -0.25) is 4.21 Å². The van der Waals surface area contributed by atoms with E-state index < -0.39 is 10.8 Å². The van der Waals surface area contributed by atoms with E-state index in [2.05, 4.69) is 4.98 Å². The van der Waals surface area contributed by atoms with Gasteiger partial charge in [0.1, 0.15) is 11.5 Å². The van der Waals surface area contributed by atoms with Crippen LogP contribution in [0.25, 0.3) is 0 Å². The maximum atomic E-state index is 12.2. The summed E-state index contributed by atoms with van der Waals surface area (Å²) >= 11 is 0. The molecule has 0 bridgehead atoms. The van der Waals surface area contributed by atoms with Gasteiger partial charge in [0.25, 0.3) is 0 Å². The lowest BCUT2D eigenvalue weighted by Crippen LogP contribution is -1.98. The summed E-state index contributed by atoms with van der Waals surface area (Å²) in [6, 6.07) is 5.17. The Bertz CT molecular complexity index is 594. The molecule has 1 aromatic carbocycles. The molecule has 1 heterocycles. The van der Waals surface area contributed by atoms with Crippen LogP contribution in [-0.2, 0) is 16.6 Å².